The first-order chi connectivity index (χ1) is 4.93. The second-order valence-corrected chi connectivity index (χ2v) is 1.62. The number of hydrogen-bond acceptors (Lipinski definition) is 2. The first-order valence-electron chi connectivity index (χ1n) is 2.78. The van der Waals surface area contributed by atoms with Crippen molar-refractivity contribution in [1.82, 2.24) is 15.3 Å². The van der Waals surface area contributed by atoms with E-state index in [-0.39, 0.29) is 0 Å². The Balaban J connectivity index is 2.47. The van der Waals surface area contributed by atoms with Gasteiger partial charge in [-0.25, -0.2) is 4.98 Å². The highest BCUT2D eigenvalue weighted by Crippen LogP contribution is 1.91. The van der Waals surface area contributed by atoms with Crippen LogP contribution in [0.4, 0.5) is 0 Å². The lowest BCUT2D eigenvalue weighted by atomic mass is 10.5. The normalized spacial score (nSPS) is 10.0. The third kappa shape index (κ3) is 1.74. The molecule has 0 aliphatic carbocycles. The van der Waals surface area contributed by atoms with Gasteiger partial charge in [-0.15, -0.1) is 0 Å². The lowest BCUT2D eigenvalue weighted by molar-refractivity contribution is -0.108. The summed E-state index contributed by atoms with van der Waals surface area (Å²) in [6.45, 7) is 0. The lowest BCUT2D eigenvalue weighted by Gasteiger charge is -1.82. The minimum absolute atomic E-state index is 0.604. The van der Waals surface area contributed by atoms with Gasteiger partial charge in [-0.1, -0.05) is 0 Å². The van der Waals surface area contributed by atoms with Crippen LogP contribution in [0.15, 0.2) is 18.7 Å². The fourth-order valence-electron chi connectivity index (χ4n) is 0.535. The van der Waals surface area contributed by atoms with Gasteiger partial charge in [0.05, 0.1) is 18.2 Å². The van der Waals surface area contributed by atoms with Crippen LogP contribution < -0.4 is 5.32 Å². The van der Waals surface area contributed by atoms with E-state index in [4.69, 9.17) is 0 Å². The Labute approximate surface area is 58.0 Å². The Bertz CT molecular complexity index is 215. The van der Waals surface area contributed by atoms with Gasteiger partial charge < -0.3 is 10.3 Å². The van der Waals surface area contributed by atoms with Crippen molar-refractivity contribution in [2.75, 3.05) is 0 Å². The molecule has 0 spiro atoms. The van der Waals surface area contributed by atoms with Crippen molar-refractivity contribution in [3.8, 4) is 0 Å². The number of H-pyrrole nitrogens is 1. The number of imidazole rings is 1. The largest absolute Gasteiger partial charge is 0.345 e. The Morgan fingerprint density at radius 1 is 1.70 bits per heavy atom. The summed E-state index contributed by atoms with van der Waals surface area (Å²) in [4.78, 5) is 16.4. The van der Waals surface area contributed by atoms with Crippen LogP contribution in [0.25, 0.3) is 6.08 Å². The van der Waals surface area contributed by atoms with E-state index in [1.165, 1.54) is 6.20 Å². The highest BCUT2D eigenvalue weighted by molar-refractivity contribution is 5.52. The second kappa shape index (κ2) is 3.45. The third-order valence-corrected chi connectivity index (χ3v) is 0.947. The quantitative estimate of drug-likeness (QED) is 0.581. The van der Waals surface area contributed by atoms with Gasteiger partial charge in [-0.3, -0.25) is 4.79 Å². The Hall–Kier alpha value is -1.58. The predicted molar refractivity (Wildman–Crippen MR) is 36.8 cm³/mol. The fourth-order valence-corrected chi connectivity index (χ4v) is 0.535. The summed E-state index contributed by atoms with van der Waals surface area (Å²) < 4.78 is 0. The molecule has 0 saturated carbocycles. The molecule has 1 amide bonds. The molecular formula is C6H7N3O. The number of amides is 1. The van der Waals surface area contributed by atoms with Crippen LogP contribution in [-0.4, -0.2) is 16.4 Å². The summed E-state index contributed by atoms with van der Waals surface area (Å²) >= 11 is 0. The molecule has 10 heavy (non-hydrogen) atoms. The summed E-state index contributed by atoms with van der Waals surface area (Å²) in [7, 11) is 0. The van der Waals surface area contributed by atoms with E-state index < -0.39 is 0 Å². The van der Waals surface area contributed by atoms with Crippen LogP contribution in [0.2, 0.25) is 0 Å². The first-order valence-corrected chi connectivity index (χ1v) is 2.78. The van der Waals surface area contributed by atoms with Gasteiger partial charge in [-0.05, 0) is 6.08 Å². The van der Waals surface area contributed by atoms with Crippen LogP contribution in [0.3, 0.4) is 0 Å². The predicted octanol–water partition coefficient (Wildman–Crippen LogP) is 0.126. The molecule has 0 bridgehead atoms. The van der Waals surface area contributed by atoms with E-state index in [2.05, 4.69) is 15.3 Å². The molecule has 4 nitrogen and oxygen atoms in total. The average Bonchev–Trinajstić information content (AvgIpc) is 2.41. The molecule has 0 fully saturated rings. The number of hydrogen-bond donors (Lipinski definition) is 2. The van der Waals surface area contributed by atoms with Gasteiger partial charge in [0.25, 0.3) is 0 Å². The molecule has 0 unspecified atom stereocenters. The summed E-state index contributed by atoms with van der Waals surface area (Å²) in [5.41, 5.74) is 0.856. The Morgan fingerprint density at radius 2 is 2.60 bits per heavy atom. The highest BCUT2D eigenvalue weighted by atomic mass is 16.1. The molecule has 4 heteroatoms. The number of carbonyl (C=O) groups is 1. The number of rotatable bonds is 3. The standard InChI is InChI=1S/C6H7N3O/c10-5-7-2-1-6-3-8-4-9-6/h1-5H,(H,7,10)(H,8,9)/b2-1+. The van der Waals surface area contributed by atoms with Crippen LogP contribution in [0.1, 0.15) is 5.69 Å². The van der Waals surface area contributed by atoms with Crippen molar-refractivity contribution < 1.29 is 4.79 Å². The van der Waals surface area contributed by atoms with E-state index in [0.717, 1.165) is 5.69 Å². The van der Waals surface area contributed by atoms with Crippen LogP contribution >= 0.6 is 0 Å². The Morgan fingerprint density at radius 3 is 3.20 bits per heavy atom. The maximum atomic E-state index is 9.75. The maximum Gasteiger partial charge on any atom is 0.211 e. The van der Waals surface area contributed by atoms with Gasteiger partial charge in [0.2, 0.25) is 6.41 Å². The van der Waals surface area contributed by atoms with Gasteiger partial charge >= 0.3 is 0 Å². The zero-order valence-corrected chi connectivity index (χ0v) is 5.24. The second-order valence-electron chi connectivity index (χ2n) is 1.62. The molecule has 0 aliphatic heterocycles. The SMILES string of the molecule is O=CN/C=C/c1cnc[nH]1. The monoisotopic (exact) mass is 137 g/mol. The Kier molecular flexibility index (Phi) is 2.25. The summed E-state index contributed by atoms with van der Waals surface area (Å²) in [6.07, 6.45) is 7.07. The molecule has 2 N–H and O–H groups in total. The molecule has 1 aromatic heterocycles. The van der Waals surface area contributed by atoms with Crippen molar-refractivity contribution in [3.63, 3.8) is 0 Å². The minimum Gasteiger partial charge on any atom is -0.345 e. The molecular weight excluding hydrogens is 130 g/mol. The molecule has 0 atom stereocenters. The number of nitrogens with zero attached hydrogens (tertiary/aromatic N) is 1. The lowest BCUT2D eigenvalue weighted by Crippen LogP contribution is -1.97. The van der Waals surface area contributed by atoms with Gasteiger partial charge in [-0.2, -0.15) is 0 Å². The number of aromatic amines is 1. The molecule has 0 radical (unpaired) electrons. The molecule has 1 rings (SSSR count). The van der Waals surface area contributed by atoms with Crippen molar-refractivity contribution >= 4 is 12.5 Å². The number of nitrogens with one attached hydrogen (secondary N) is 2. The highest BCUT2D eigenvalue weighted by Gasteiger charge is 1.81. The number of aromatic nitrogens is 2. The van der Waals surface area contributed by atoms with E-state index in [1.807, 2.05) is 0 Å². The van der Waals surface area contributed by atoms with Crippen LogP contribution in [0, 0.1) is 0 Å². The summed E-state index contributed by atoms with van der Waals surface area (Å²) in [5.74, 6) is 0. The number of carbonyl (C=O) groups excluding carboxylic acids is 1. The van der Waals surface area contributed by atoms with Gasteiger partial charge in [0, 0.05) is 6.20 Å². The minimum atomic E-state index is 0.604. The smallest absolute Gasteiger partial charge is 0.211 e. The molecule has 52 valence electrons. The van der Waals surface area contributed by atoms with Crippen LogP contribution in [-0.2, 0) is 4.79 Å². The molecule has 1 heterocycles. The first kappa shape index (κ1) is 6.54. The fraction of sp³-hybridized carbons (Fsp3) is 0. The van der Waals surface area contributed by atoms with E-state index >= 15 is 0 Å². The van der Waals surface area contributed by atoms with Crippen molar-refractivity contribution in [3.05, 3.63) is 24.4 Å². The van der Waals surface area contributed by atoms with Crippen molar-refractivity contribution in [2.45, 2.75) is 0 Å². The molecule has 0 saturated heterocycles. The zero-order chi connectivity index (χ0) is 7.23. The van der Waals surface area contributed by atoms with Crippen molar-refractivity contribution in [2.24, 2.45) is 0 Å². The van der Waals surface area contributed by atoms with E-state index in [1.54, 1.807) is 18.6 Å². The van der Waals surface area contributed by atoms with Gasteiger partial charge in [0.1, 0.15) is 0 Å². The molecule has 1 aromatic rings. The van der Waals surface area contributed by atoms with E-state index in [9.17, 15) is 4.79 Å². The topological polar surface area (TPSA) is 57.8 Å². The zero-order valence-electron chi connectivity index (χ0n) is 5.24. The average molecular weight is 137 g/mol. The third-order valence-electron chi connectivity index (χ3n) is 0.947. The van der Waals surface area contributed by atoms with Gasteiger partial charge in [0.15, 0.2) is 0 Å². The van der Waals surface area contributed by atoms with Crippen molar-refractivity contribution in [1.29, 1.82) is 0 Å². The summed E-state index contributed by atoms with van der Waals surface area (Å²) in [6, 6.07) is 0. The summed E-state index contributed by atoms with van der Waals surface area (Å²) in [5, 5.41) is 2.38. The molecule has 0 aliphatic rings. The maximum absolute atomic E-state index is 9.75. The van der Waals surface area contributed by atoms with E-state index in [0.29, 0.717) is 6.41 Å². The van der Waals surface area contributed by atoms with Crippen LogP contribution in [0.5, 0.6) is 0 Å². The molecule has 0 aromatic carbocycles.